The molecule has 1 aliphatic carbocycles. The maximum Gasteiger partial charge on any atom is 0.322 e. The first-order valence-corrected chi connectivity index (χ1v) is 10.2. The number of hydrogen-bond acceptors (Lipinski definition) is 4. The van der Waals surface area contributed by atoms with Crippen LogP contribution in [0, 0.1) is 0 Å². The molecule has 0 radical (unpaired) electrons. The van der Waals surface area contributed by atoms with Gasteiger partial charge < -0.3 is 15.0 Å². The van der Waals surface area contributed by atoms with Gasteiger partial charge in [0.15, 0.2) is 0 Å². The van der Waals surface area contributed by atoms with Gasteiger partial charge >= 0.3 is 6.03 Å². The summed E-state index contributed by atoms with van der Waals surface area (Å²) in [4.78, 5) is 41.4. The van der Waals surface area contributed by atoms with Crippen molar-refractivity contribution in [3.63, 3.8) is 0 Å². The van der Waals surface area contributed by atoms with E-state index < -0.39 is 0 Å². The highest BCUT2D eigenvalue weighted by Gasteiger charge is 2.40. The van der Waals surface area contributed by atoms with Crippen LogP contribution >= 0.6 is 0 Å². The summed E-state index contributed by atoms with van der Waals surface area (Å²) in [6, 6.07) is 4.75. The van der Waals surface area contributed by atoms with E-state index in [1.54, 1.807) is 23.1 Å². The fourth-order valence-electron chi connectivity index (χ4n) is 4.55. The number of nitrogens with one attached hydrogen (secondary N) is 1. The van der Waals surface area contributed by atoms with E-state index in [1.807, 2.05) is 13.8 Å². The maximum absolute atomic E-state index is 12.9. The second-order valence-corrected chi connectivity index (χ2v) is 8.12. The Bertz CT molecular complexity index is 793. The molecular weight excluding hydrogens is 358 g/mol. The number of rotatable bonds is 2. The number of hydrogen-bond donors (Lipinski definition) is 1. The predicted molar refractivity (Wildman–Crippen MR) is 104 cm³/mol. The van der Waals surface area contributed by atoms with Crippen LogP contribution in [0.5, 0.6) is 0 Å². The molecule has 1 saturated heterocycles. The molecule has 0 aromatic heterocycles. The third kappa shape index (κ3) is 3.51. The molecule has 7 nitrogen and oxygen atoms in total. The number of ether oxygens (including phenoxy) is 1. The molecule has 1 aromatic carbocycles. The number of carbonyl (C=O) groups excluding carboxylic acids is 3. The summed E-state index contributed by atoms with van der Waals surface area (Å²) < 4.78 is 5.66. The molecule has 0 bridgehead atoms. The van der Waals surface area contributed by atoms with Gasteiger partial charge in [-0.3, -0.25) is 14.5 Å². The molecule has 0 spiro atoms. The van der Waals surface area contributed by atoms with E-state index in [1.165, 1.54) is 4.90 Å². The Hall–Kier alpha value is -2.41. The quantitative estimate of drug-likeness (QED) is 0.793. The molecule has 150 valence electrons. The minimum Gasteiger partial charge on any atom is -0.372 e. The third-order valence-corrected chi connectivity index (χ3v) is 5.82. The van der Waals surface area contributed by atoms with Crippen molar-refractivity contribution in [3.05, 3.63) is 29.3 Å². The van der Waals surface area contributed by atoms with Crippen LogP contribution in [0.2, 0.25) is 0 Å². The highest BCUT2D eigenvalue weighted by atomic mass is 16.5. The average Bonchev–Trinajstić information content (AvgIpc) is 2.92. The maximum atomic E-state index is 12.9. The summed E-state index contributed by atoms with van der Waals surface area (Å²) in [5, 5.41) is 2.86. The Morgan fingerprint density at radius 3 is 2.32 bits per heavy atom. The normalized spacial score (nSPS) is 25.8. The Balaban J connectivity index is 1.49. The molecule has 2 heterocycles. The summed E-state index contributed by atoms with van der Waals surface area (Å²) in [6.07, 6.45) is 4.99. The molecule has 4 amide bonds. The van der Waals surface area contributed by atoms with E-state index >= 15 is 0 Å². The lowest BCUT2D eigenvalue weighted by molar-refractivity contribution is -0.0530. The minimum atomic E-state index is -0.239. The number of benzene rings is 1. The smallest absolute Gasteiger partial charge is 0.322 e. The Kier molecular flexibility index (Phi) is 5.10. The lowest BCUT2D eigenvalue weighted by Gasteiger charge is -2.35. The van der Waals surface area contributed by atoms with Crippen molar-refractivity contribution in [3.8, 4) is 0 Å². The molecule has 2 atom stereocenters. The number of amides is 4. The first kappa shape index (κ1) is 18.9. The van der Waals surface area contributed by atoms with Crippen molar-refractivity contribution in [1.82, 2.24) is 9.80 Å². The second-order valence-electron chi connectivity index (χ2n) is 8.12. The summed E-state index contributed by atoms with van der Waals surface area (Å²) >= 11 is 0. The zero-order valence-corrected chi connectivity index (χ0v) is 16.4. The molecule has 1 N–H and O–H groups in total. The van der Waals surface area contributed by atoms with Crippen LogP contribution < -0.4 is 5.32 Å². The SMILES string of the molecule is CC1CN(C(=O)Nc2ccc3c(c2)C(=O)N(C2CCCCC2)C3=O)CC(C)O1. The monoisotopic (exact) mass is 385 g/mol. The van der Waals surface area contributed by atoms with E-state index in [4.69, 9.17) is 4.74 Å². The van der Waals surface area contributed by atoms with E-state index in [-0.39, 0.29) is 36.1 Å². The van der Waals surface area contributed by atoms with Gasteiger partial charge in [-0.25, -0.2) is 4.79 Å². The van der Waals surface area contributed by atoms with E-state index in [9.17, 15) is 14.4 Å². The van der Waals surface area contributed by atoms with Crippen LogP contribution in [0.15, 0.2) is 18.2 Å². The van der Waals surface area contributed by atoms with Gasteiger partial charge in [-0.2, -0.15) is 0 Å². The Labute approximate surface area is 165 Å². The number of nitrogens with zero attached hydrogens (tertiary/aromatic N) is 2. The van der Waals surface area contributed by atoms with Crippen molar-refractivity contribution < 1.29 is 19.1 Å². The second kappa shape index (κ2) is 7.54. The molecule has 3 aliphatic rings. The summed E-state index contributed by atoms with van der Waals surface area (Å²) in [5.74, 6) is -0.447. The van der Waals surface area contributed by atoms with Crippen LogP contribution in [-0.2, 0) is 4.74 Å². The van der Waals surface area contributed by atoms with Gasteiger partial charge in [0.2, 0.25) is 0 Å². The number of anilines is 1. The zero-order valence-electron chi connectivity index (χ0n) is 16.4. The van der Waals surface area contributed by atoms with Crippen LogP contribution in [0.4, 0.5) is 10.5 Å². The van der Waals surface area contributed by atoms with Crippen molar-refractivity contribution >= 4 is 23.5 Å². The molecule has 4 rings (SSSR count). The van der Waals surface area contributed by atoms with Gasteiger partial charge in [0.1, 0.15) is 0 Å². The largest absolute Gasteiger partial charge is 0.372 e. The topological polar surface area (TPSA) is 79.0 Å². The van der Waals surface area contributed by atoms with Gasteiger partial charge in [0.25, 0.3) is 11.8 Å². The van der Waals surface area contributed by atoms with E-state index in [0.29, 0.717) is 29.9 Å². The fraction of sp³-hybridized carbons (Fsp3) is 0.571. The Morgan fingerprint density at radius 1 is 1.00 bits per heavy atom. The van der Waals surface area contributed by atoms with E-state index in [2.05, 4.69) is 5.32 Å². The molecular formula is C21H27N3O4. The molecule has 1 aromatic rings. The zero-order chi connectivity index (χ0) is 19.8. The highest BCUT2D eigenvalue weighted by Crippen LogP contribution is 2.32. The molecule has 1 saturated carbocycles. The number of urea groups is 1. The number of morpholine rings is 1. The van der Waals surface area contributed by atoms with Gasteiger partial charge in [0, 0.05) is 24.8 Å². The van der Waals surface area contributed by atoms with Crippen molar-refractivity contribution in [2.24, 2.45) is 0 Å². The molecule has 2 unspecified atom stereocenters. The van der Waals surface area contributed by atoms with Gasteiger partial charge in [-0.1, -0.05) is 19.3 Å². The summed E-state index contributed by atoms with van der Waals surface area (Å²) in [5.41, 5.74) is 1.35. The third-order valence-electron chi connectivity index (χ3n) is 5.82. The van der Waals surface area contributed by atoms with Gasteiger partial charge in [-0.05, 0) is 44.9 Å². The summed E-state index contributed by atoms with van der Waals surface area (Å²) in [6.45, 7) is 4.92. The molecule has 2 aliphatic heterocycles. The van der Waals surface area contributed by atoms with Crippen molar-refractivity contribution in [1.29, 1.82) is 0 Å². The first-order valence-electron chi connectivity index (χ1n) is 10.2. The predicted octanol–water partition coefficient (Wildman–Crippen LogP) is 3.26. The Morgan fingerprint density at radius 2 is 1.64 bits per heavy atom. The van der Waals surface area contributed by atoms with Crippen LogP contribution in [0.1, 0.15) is 66.7 Å². The standard InChI is InChI=1S/C21H27N3O4/c1-13-11-23(12-14(2)28-13)21(27)22-15-8-9-17-18(10-15)20(26)24(19(17)25)16-6-4-3-5-7-16/h8-10,13-14,16H,3-7,11-12H2,1-2H3,(H,22,27). The molecule has 28 heavy (non-hydrogen) atoms. The van der Waals surface area contributed by atoms with Gasteiger partial charge in [-0.15, -0.1) is 0 Å². The van der Waals surface area contributed by atoms with Crippen molar-refractivity contribution in [2.75, 3.05) is 18.4 Å². The molecule has 2 fully saturated rings. The number of imide groups is 1. The first-order chi connectivity index (χ1) is 13.4. The average molecular weight is 385 g/mol. The molecule has 7 heteroatoms. The minimum absolute atomic E-state index is 0.00415. The van der Waals surface area contributed by atoms with Crippen LogP contribution in [-0.4, -0.2) is 59.0 Å². The van der Waals surface area contributed by atoms with E-state index in [0.717, 1.165) is 32.1 Å². The summed E-state index contributed by atoms with van der Waals surface area (Å²) in [7, 11) is 0. The van der Waals surface area contributed by atoms with Gasteiger partial charge in [0.05, 0.1) is 23.3 Å². The lowest BCUT2D eigenvalue weighted by atomic mass is 9.94. The number of fused-ring (bicyclic) bond motifs is 1. The lowest BCUT2D eigenvalue weighted by Crippen LogP contribution is -2.49. The van der Waals surface area contributed by atoms with Crippen LogP contribution in [0.3, 0.4) is 0 Å². The highest BCUT2D eigenvalue weighted by molar-refractivity contribution is 6.22. The van der Waals surface area contributed by atoms with Crippen molar-refractivity contribution in [2.45, 2.75) is 64.2 Å². The number of carbonyl (C=O) groups is 3. The fourth-order valence-corrected chi connectivity index (χ4v) is 4.55. The van der Waals surface area contributed by atoms with Crippen LogP contribution in [0.25, 0.3) is 0 Å².